The lowest BCUT2D eigenvalue weighted by atomic mass is 9.82. The first-order valence-electron chi connectivity index (χ1n) is 8.09. The number of H-pyrrole nitrogens is 2. The Morgan fingerprint density at radius 2 is 1.89 bits per heavy atom. The number of carbonyl (C=O) groups is 1. The van der Waals surface area contributed by atoms with Crippen LogP contribution < -0.4 is 16.6 Å². The molecule has 140 valence electrons. The first kappa shape index (κ1) is 18.1. The van der Waals surface area contributed by atoms with Crippen LogP contribution in [0.15, 0.2) is 45.1 Å². The van der Waals surface area contributed by atoms with Gasteiger partial charge in [-0.1, -0.05) is 12.1 Å². The van der Waals surface area contributed by atoms with Crippen LogP contribution in [0.1, 0.15) is 30.9 Å². The largest absolute Gasteiger partial charge is 0.463 e. The van der Waals surface area contributed by atoms with Gasteiger partial charge in [-0.2, -0.15) is 0 Å². The first-order valence-corrected chi connectivity index (χ1v) is 8.09. The molecular formula is C17H16N4O6. The fourth-order valence-corrected chi connectivity index (χ4v) is 3.09. The van der Waals surface area contributed by atoms with E-state index in [0.717, 1.165) is 0 Å². The number of non-ortho nitro benzene ring substituents is 1. The van der Waals surface area contributed by atoms with Crippen molar-refractivity contribution < 1.29 is 14.5 Å². The van der Waals surface area contributed by atoms with Crippen molar-refractivity contribution in [1.82, 2.24) is 9.97 Å². The van der Waals surface area contributed by atoms with Gasteiger partial charge < -0.3 is 10.1 Å². The van der Waals surface area contributed by atoms with Gasteiger partial charge >= 0.3 is 11.7 Å². The Kier molecular flexibility index (Phi) is 4.63. The minimum absolute atomic E-state index is 0.122. The Labute approximate surface area is 152 Å². The molecule has 2 heterocycles. The number of esters is 1. The molecule has 2 aromatic rings. The van der Waals surface area contributed by atoms with Gasteiger partial charge in [-0.25, -0.2) is 9.59 Å². The van der Waals surface area contributed by atoms with Gasteiger partial charge in [0.15, 0.2) is 0 Å². The highest BCUT2D eigenvalue weighted by molar-refractivity contribution is 5.94. The summed E-state index contributed by atoms with van der Waals surface area (Å²) in [7, 11) is 0. The highest BCUT2D eigenvalue weighted by Crippen LogP contribution is 2.39. The van der Waals surface area contributed by atoms with Crippen molar-refractivity contribution in [1.29, 1.82) is 0 Å². The molecule has 0 amide bonds. The lowest BCUT2D eigenvalue weighted by molar-refractivity contribution is -0.384. The monoisotopic (exact) mass is 372 g/mol. The van der Waals surface area contributed by atoms with E-state index in [-0.39, 0.29) is 29.2 Å². The van der Waals surface area contributed by atoms with Crippen LogP contribution in [0.4, 0.5) is 11.5 Å². The van der Waals surface area contributed by atoms with Crippen molar-refractivity contribution in [2.75, 3.05) is 11.9 Å². The lowest BCUT2D eigenvalue weighted by Crippen LogP contribution is -2.35. The van der Waals surface area contributed by atoms with Gasteiger partial charge in [0.2, 0.25) is 0 Å². The lowest BCUT2D eigenvalue weighted by Gasteiger charge is -2.28. The van der Waals surface area contributed by atoms with Crippen molar-refractivity contribution in [3.63, 3.8) is 0 Å². The van der Waals surface area contributed by atoms with Gasteiger partial charge in [0.25, 0.3) is 11.2 Å². The number of nitro benzene ring substituents is 1. The molecule has 1 aliphatic rings. The quantitative estimate of drug-likeness (QED) is 0.417. The van der Waals surface area contributed by atoms with E-state index >= 15 is 0 Å². The Morgan fingerprint density at radius 1 is 1.22 bits per heavy atom. The number of anilines is 1. The summed E-state index contributed by atoms with van der Waals surface area (Å²) in [5.74, 6) is -1.32. The normalized spacial score (nSPS) is 15.7. The van der Waals surface area contributed by atoms with Gasteiger partial charge in [0.05, 0.1) is 28.6 Å². The second-order valence-corrected chi connectivity index (χ2v) is 5.86. The minimum Gasteiger partial charge on any atom is -0.463 e. The van der Waals surface area contributed by atoms with E-state index < -0.39 is 28.1 Å². The van der Waals surface area contributed by atoms with Crippen LogP contribution in [-0.2, 0) is 9.53 Å². The molecule has 10 nitrogen and oxygen atoms in total. The third-order valence-corrected chi connectivity index (χ3v) is 4.21. The molecule has 27 heavy (non-hydrogen) atoms. The van der Waals surface area contributed by atoms with Crippen molar-refractivity contribution >= 4 is 17.5 Å². The maximum Gasteiger partial charge on any atom is 0.336 e. The first-order chi connectivity index (χ1) is 12.8. The zero-order valence-electron chi connectivity index (χ0n) is 14.5. The van der Waals surface area contributed by atoms with E-state index in [9.17, 15) is 24.5 Å². The molecule has 1 atom stereocenters. The second kappa shape index (κ2) is 6.90. The smallest absolute Gasteiger partial charge is 0.336 e. The molecule has 10 heteroatoms. The van der Waals surface area contributed by atoms with E-state index in [1.165, 1.54) is 24.3 Å². The molecule has 1 aromatic carbocycles. The topological polar surface area (TPSA) is 147 Å². The number of carbonyl (C=O) groups excluding carboxylic acids is 1. The van der Waals surface area contributed by atoms with Crippen LogP contribution in [0.5, 0.6) is 0 Å². The van der Waals surface area contributed by atoms with Crippen molar-refractivity contribution in [3.8, 4) is 0 Å². The summed E-state index contributed by atoms with van der Waals surface area (Å²) < 4.78 is 5.11. The van der Waals surface area contributed by atoms with E-state index in [0.29, 0.717) is 11.3 Å². The molecule has 0 saturated heterocycles. The summed E-state index contributed by atoms with van der Waals surface area (Å²) in [6.45, 7) is 3.41. The number of benzene rings is 1. The zero-order chi connectivity index (χ0) is 19.7. The van der Waals surface area contributed by atoms with Gasteiger partial charge in [0.1, 0.15) is 5.82 Å². The van der Waals surface area contributed by atoms with Crippen LogP contribution >= 0.6 is 0 Å². The van der Waals surface area contributed by atoms with Crippen LogP contribution in [-0.4, -0.2) is 27.5 Å². The van der Waals surface area contributed by atoms with Gasteiger partial charge in [-0.3, -0.25) is 24.9 Å². The van der Waals surface area contributed by atoms with Crippen molar-refractivity contribution in [2.45, 2.75) is 19.8 Å². The molecule has 0 radical (unpaired) electrons. The van der Waals surface area contributed by atoms with Crippen LogP contribution in [0, 0.1) is 10.1 Å². The third kappa shape index (κ3) is 3.24. The fraction of sp³-hybridized carbons (Fsp3) is 0.235. The number of rotatable bonds is 4. The number of nitro groups is 1. The fourth-order valence-electron chi connectivity index (χ4n) is 3.09. The Morgan fingerprint density at radius 3 is 2.48 bits per heavy atom. The van der Waals surface area contributed by atoms with E-state index in [1.807, 2.05) is 0 Å². The number of allylic oxidation sites excluding steroid dienone is 1. The number of aromatic nitrogens is 2. The number of hydrogen-bond donors (Lipinski definition) is 3. The summed E-state index contributed by atoms with van der Waals surface area (Å²) in [5, 5.41) is 13.8. The average Bonchev–Trinajstić information content (AvgIpc) is 2.60. The molecule has 1 aliphatic heterocycles. The summed E-state index contributed by atoms with van der Waals surface area (Å²) in [6.07, 6.45) is 0. The van der Waals surface area contributed by atoms with E-state index in [2.05, 4.69) is 15.3 Å². The van der Waals surface area contributed by atoms with Crippen molar-refractivity contribution in [2.24, 2.45) is 0 Å². The van der Waals surface area contributed by atoms with Gasteiger partial charge in [0, 0.05) is 17.8 Å². The molecule has 1 aromatic heterocycles. The molecule has 1 unspecified atom stereocenters. The molecule has 0 aliphatic carbocycles. The Bertz CT molecular complexity index is 1060. The van der Waals surface area contributed by atoms with E-state index in [1.54, 1.807) is 13.8 Å². The SMILES string of the molecule is CCOC(=O)C1=C(C)Nc2[nH]c(=O)[nH]c(=O)c2C1c1ccc([N+](=O)[O-])cc1. The molecule has 0 spiro atoms. The van der Waals surface area contributed by atoms with E-state index in [4.69, 9.17) is 4.74 Å². The molecule has 0 fully saturated rings. The maximum absolute atomic E-state index is 12.5. The summed E-state index contributed by atoms with van der Waals surface area (Å²) >= 11 is 0. The number of ether oxygens (including phenoxy) is 1. The number of aromatic amines is 2. The number of nitrogens with zero attached hydrogens (tertiary/aromatic N) is 1. The van der Waals surface area contributed by atoms with Crippen LogP contribution in [0.2, 0.25) is 0 Å². The third-order valence-electron chi connectivity index (χ3n) is 4.21. The number of hydrogen-bond acceptors (Lipinski definition) is 7. The maximum atomic E-state index is 12.5. The highest BCUT2D eigenvalue weighted by Gasteiger charge is 2.36. The zero-order valence-corrected chi connectivity index (χ0v) is 14.5. The number of fused-ring (bicyclic) bond motifs is 1. The summed E-state index contributed by atoms with van der Waals surface area (Å²) in [6, 6.07) is 5.51. The van der Waals surface area contributed by atoms with Crippen LogP contribution in [0.3, 0.4) is 0 Å². The standard InChI is InChI=1S/C17H16N4O6/c1-3-27-16(23)11-8(2)18-14-13(15(22)20-17(24)19-14)12(11)9-4-6-10(7-5-9)21(25)26/h4-7,12H,3H2,1-2H3,(H3,18,19,20,22,24). The van der Waals surface area contributed by atoms with Gasteiger partial charge in [-0.15, -0.1) is 0 Å². The molecular weight excluding hydrogens is 356 g/mol. The number of nitrogens with one attached hydrogen (secondary N) is 3. The predicted octanol–water partition coefficient (Wildman–Crippen LogP) is 1.37. The Balaban J connectivity index is 2.25. The molecule has 3 N–H and O–H groups in total. The minimum atomic E-state index is -0.860. The predicted molar refractivity (Wildman–Crippen MR) is 95.6 cm³/mol. The second-order valence-electron chi connectivity index (χ2n) is 5.86. The van der Waals surface area contributed by atoms with Crippen molar-refractivity contribution in [3.05, 3.63) is 77.6 Å². The molecule has 0 saturated carbocycles. The highest BCUT2D eigenvalue weighted by atomic mass is 16.6. The Hall–Kier alpha value is -3.69. The van der Waals surface area contributed by atoms with Crippen LogP contribution in [0.25, 0.3) is 0 Å². The summed E-state index contributed by atoms with van der Waals surface area (Å²) in [5.41, 5.74) is -0.289. The molecule has 0 bridgehead atoms. The molecule has 3 rings (SSSR count). The summed E-state index contributed by atoms with van der Waals surface area (Å²) in [4.78, 5) is 51.6. The van der Waals surface area contributed by atoms with Gasteiger partial charge in [-0.05, 0) is 19.4 Å². The average molecular weight is 372 g/mol.